The Morgan fingerprint density at radius 3 is 2.28 bits per heavy atom. The predicted octanol–water partition coefficient (Wildman–Crippen LogP) is 3.14. The van der Waals surface area contributed by atoms with Crippen molar-refractivity contribution in [2.75, 3.05) is 43.6 Å². The largest absolute Gasteiger partial charge is 0.450 e. The number of rotatable bonds is 6. The number of carbonyl (C=O) groups excluding carboxylic acids is 2. The van der Waals surface area contributed by atoms with Crippen LogP contribution >= 0.6 is 11.6 Å². The van der Waals surface area contributed by atoms with E-state index in [-0.39, 0.29) is 24.0 Å². The third kappa shape index (κ3) is 5.34. The van der Waals surface area contributed by atoms with Gasteiger partial charge in [0.05, 0.1) is 17.2 Å². The fraction of sp³-hybridized carbons (Fsp3) is 0.364. The van der Waals surface area contributed by atoms with E-state index in [4.69, 9.17) is 16.3 Å². The maximum absolute atomic E-state index is 13.5. The Kier molecular flexibility index (Phi) is 7.63. The number of carbonyl (C=O) groups is 2. The summed E-state index contributed by atoms with van der Waals surface area (Å²) >= 11 is 6.15. The van der Waals surface area contributed by atoms with Crippen molar-refractivity contribution in [3.63, 3.8) is 0 Å². The standard InChI is InChI=1S/C22H26ClN3O5S/c1-3-31-22(28)25-13-11-24(12-14-25)21(27)16-26(20-15-18(23)10-9-17(20)2)32(29,30)19-7-5-4-6-8-19/h4-10,15H,3,11-14,16H2,1-2H3. The molecule has 0 radical (unpaired) electrons. The molecule has 0 aliphatic carbocycles. The second-order valence-corrected chi connectivity index (χ2v) is 9.62. The summed E-state index contributed by atoms with van der Waals surface area (Å²) in [6, 6.07) is 12.9. The molecule has 0 N–H and O–H groups in total. The highest BCUT2D eigenvalue weighted by molar-refractivity contribution is 7.92. The van der Waals surface area contributed by atoms with Crippen LogP contribution in [0.3, 0.4) is 0 Å². The van der Waals surface area contributed by atoms with Gasteiger partial charge >= 0.3 is 6.09 Å². The topological polar surface area (TPSA) is 87.2 Å². The highest BCUT2D eigenvalue weighted by Gasteiger charge is 2.32. The molecule has 0 aromatic heterocycles. The monoisotopic (exact) mass is 479 g/mol. The smallest absolute Gasteiger partial charge is 0.409 e. The van der Waals surface area contributed by atoms with Gasteiger partial charge < -0.3 is 14.5 Å². The van der Waals surface area contributed by atoms with Gasteiger partial charge in [-0.3, -0.25) is 9.10 Å². The summed E-state index contributed by atoms with van der Waals surface area (Å²) in [7, 11) is -4.02. The fourth-order valence-corrected chi connectivity index (χ4v) is 5.10. The summed E-state index contributed by atoms with van der Waals surface area (Å²) < 4.78 is 33.0. The highest BCUT2D eigenvalue weighted by Crippen LogP contribution is 2.29. The van der Waals surface area contributed by atoms with E-state index in [0.29, 0.717) is 42.5 Å². The average Bonchev–Trinajstić information content (AvgIpc) is 2.80. The molecule has 172 valence electrons. The van der Waals surface area contributed by atoms with Crippen LogP contribution in [0, 0.1) is 6.92 Å². The number of halogens is 1. The lowest BCUT2D eigenvalue weighted by atomic mass is 10.2. The lowest BCUT2D eigenvalue weighted by molar-refractivity contribution is -0.131. The number of amides is 2. The van der Waals surface area contributed by atoms with Crippen molar-refractivity contribution in [2.45, 2.75) is 18.7 Å². The normalized spacial score (nSPS) is 14.2. The van der Waals surface area contributed by atoms with Crippen LogP contribution in [-0.4, -0.2) is 69.5 Å². The molecule has 2 aromatic rings. The van der Waals surface area contributed by atoms with E-state index in [0.717, 1.165) is 4.31 Å². The van der Waals surface area contributed by atoms with Crippen molar-refractivity contribution in [3.8, 4) is 0 Å². The number of hydrogen-bond acceptors (Lipinski definition) is 5. The molecule has 2 amide bonds. The van der Waals surface area contributed by atoms with Crippen molar-refractivity contribution >= 4 is 39.3 Å². The minimum Gasteiger partial charge on any atom is -0.450 e. The predicted molar refractivity (Wildman–Crippen MR) is 122 cm³/mol. The summed E-state index contributed by atoms with van der Waals surface area (Å²) in [4.78, 5) is 28.2. The Balaban J connectivity index is 1.85. The van der Waals surface area contributed by atoms with Gasteiger partial charge in [-0.1, -0.05) is 35.9 Å². The molecule has 1 aliphatic rings. The molecule has 8 nitrogen and oxygen atoms in total. The molecule has 1 saturated heterocycles. The highest BCUT2D eigenvalue weighted by atomic mass is 35.5. The Hall–Kier alpha value is -2.78. The van der Waals surface area contributed by atoms with Crippen LogP contribution < -0.4 is 4.31 Å². The van der Waals surface area contributed by atoms with Gasteiger partial charge in [0.1, 0.15) is 6.54 Å². The second-order valence-electron chi connectivity index (χ2n) is 7.32. The molecule has 0 unspecified atom stereocenters. The number of hydrogen-bond donors (Lipinski definition) is 0. The lowest BCUT2D eigenvalue weighted by Crippen LogP contribution is -2.53. The minimum absolute atomic E-state index is 0.0827. The summed E-state index contributed by atoms with van der Waals surface area (Å²) in [5.41, 5.74) is 1.02. The zero-order chi connectivity index (χ0) is 23.3. The summed E-state index contributed by atoms with van der Waals surface area (Å²) in [5.74, 6) is -0.354. The number of piperazine rings is 1. The van der Waals surface area contributed by atoms with Crippen molar-refractivity contribution in [1.82, 2.24) is 9.80 Å². The van der Waals surface area contributed by atoms with Crippen molar-refractivity contribution in [1.29, 1.82) is 0 Å². The quantitative estimate of drug-likeness (QED) is 0.635. The molecular weight excluding hydrogens is 454 g/mol. The molecular formula is C22H26ClN3O5S. The Morgan fingerprint density at radius 2 is 1.66 bits per heavy atom. The van der Waals surface area contributed by atoms with E-state index < -0.39 is 16.1 Å². The van der Waals surface area contributed by atoms with Gasteiger partial charge in [0.25, 0.3) is 10.0 Å². The van der Waals surface area contributed by atoms with Crippen molar-refractivity contribution in [3.05, 3.63) is 59.1 Å². The van der Waals surface area contributed by atoms with E-state index in [1.54, 1.807) is 55.1 Å². The number of sulfonamides is 1. The van der Waals surface area contributed by atoms with Gasteiger partial charge in [0.2, 0.25) is 5.91 Å². The third-order valence-electron chi connectivity index (χ3n) is 5.21. The first kappa shape index (κ1) is 23.9. The first-order chi connectivity index (χ1) is 15.2. The van der Waals surface area contributed by atoms with Crippen LogP contribution in [0.1, 0.15) is 12.5 Å². The summed E-state index contributed by atoms with van der Waals surface area (Å²) in [5, 5.41) is 0.370. The number of benzene rings is 2. The fourth-order valence-electron chi connectivity index (χ4n) is 3.45. The van der Waals surface area contributed by atoms with E-state index >= 15 is 0 Å². The lowest BCUT2D eigenvalue weighted by Gasteiger charge is -2.35. The Bertz CT molecular complexity index is 1070. The van der Waals surface area contributed by atoms with E-state index in [1.807, 2.05) is 0 Å². The van der Waals surface area contributed by atoms with Crippen LogP contribution in [-0.2, 0) is 19.6 Å². The van der Waals surface area contributed by atoms with Crippen LogP contribution in [0.5, 0.6) is 0 Å². The molecule has 10 heteroatoms. The molecule has 1 aliphatic heterocycles. The van der Waals surface area contributed by atoms with Crippen LogP contribution in [0.15, 0.2) is 53.4 Å². The van der Waals surface area contributed by atoms with Crippen molar-refractivity contribution in [2.24, 2.45) is 0 Å². The number of ether oxygens (including phenoxy) is 1. The number of anilines is 1. The third-order valence-corrected chi connectivity index (χ3v) is 7.22. The van der Waals surface area contributed by atoms with Crippen molar-refractivity contribution < 1.29 is 22.7 Å². The van der Waals surface area contributed by atoms with Gasteiger partial charge in [0.15, 0.2) is 0 Å². The van der Waals surface area contributed by atoms with Gasteiger partial charge in [0, 0.05) is 31.2 Å². The van der Waals surface area contributed by atoms with Gasteiger partial charge in [-0.15, -0.1) is 0 Å². The van der Waals surface area contributed by atoms with E-state index in [1.165, 1.54) is 17.0 Å². The molecule has 2 aromatic carbocycles. The molecule has 0 bridgehead atoms. The zero-order valence-electron chi connectivity index (χ0n) is 18.0. The molecule has 32 heavy (non-hydrogen) atoms. The molecule has 0 spiro atoms. The Labute approximate surface area is 193 Å². The molecule has 0 atom stereocenters. The zero-order valence-corrected chi connectivity index (χ0v) is 19.6. The van der Waals surface area contributed by atoms with E-state index in [9.17, 15) is 18.0 Å². The first-order valence-electron chi connectivity index (χ1n) is 10.3. The first-order valence-corrected chi connectivity index (χ1v) is 12.1. The second kappa shape index (κ2) is 10.2. The van der Waals surface area contributed by atoms with Crippen LogP contribution in [0.2, 0.25) is 5.02 Å². The number of nitrogens with zero attached hydrogens (tertiary/aromatic N) is 3. The minimum atomic E-state index is -4.02. The SMILES string of the molecule is CCOC(=O)N1CCN(C(=O)CN(c2cc(Cl)ccc2C)S(=O)(=O)c2ccccc2)CC1. The molecule has 1 fully saturated rings. The van der Waals surface area contributed by atoms with Gasteiger partial charge in [-0.2, -0.15) is 0 Å². The maximum atomic E-state index is 13.5. The summed E-state index contributed by atoms with van der Waals surface area (Å²) in [6.45, 7) is 4.65. The van der Waals surface area contributed by atoms with Crippen LogP contribution in [0.4, 0.5) is 10.5 Å². The maximum Gasteiger partial charge on any atom is 0.409 e. The molecule has 0 saturated carbocycles. The van der Waals surface area contributed by atoms with E-state index in [2.05, 4.69) is 0 Å². The average molecular weight is 480 g/mol. The number of aryl methyl sites for hydroxylation is 1. The van der Waals surface area contributed by atoms with Crippen LogP contribution in [0.25, 0.3) is 0 Å². The van der Waals surface area contributed by atoms with Gasteiger partial charge in [-0.25, -0.2) is 13.2 Å². The molecule has 3 rings (SSSR count). The Morgan fingerprint density at radius 1 is 1.03 bits per heavy atom. The molecule has 1 heterocycles. The van der Waals surface area contributed by atoms with Gasteiger partial charge in [-0.05, 0) is 43.7 Å². The summed E-state index contributed by atoms with van der Waals surface area (Å²) in [6.07, 6.45) is -0.414.